The second-order valence-corrected chi connectivity index (χ2v) is 7.24. The van der Waals surface area contributed by atoms with Crippen LogP contribution in [0, 0.1) is 12.7 Å². The monoisotopic (exact) mass is 427 g/mol. The number of aliphatic hydroxyl groups excluding tert-OH is 1. The average molecular weight is 427 g/mol. The van der Waals surface area contributed by atoms with Gasteiger partial charge in [0.25, 0.3) is 0 Å². The fourth-order valence-electron chi connectivity index (χ4n) is 3.03. The first-order valence-corrected chi connectivity index (χ1v) is 9.88. The quantitative estimate of drug-likeness (QED) is 0.415. The number of halogens is 1. The molecule has 0 bridgehead atoms. The molecule has 1 amide bonds. The van der Waals surface area contributed by atoms with Crippen LogP contribution in [0.5, 0.6) is 0 Å². The van der Waals surface area contributed by atoms with Crippen molar-refractivity contribution < 1.29 is 14.3 Å². The lowest BCUT2D eigenvalue weighted by molar-refractivity contribution is -0.117. The number of aromatic nitrogens is 4. The van der Waals surface area contributed by atoms with Crippen molar-refractivity contribution in [2.24, 2.45) is 0 Å². The van der Waals surface area contributed by atoms with Crippen LogP contribution >= 0.6 is 0 Å². The highest BCUT2D eigenvalue weighted by Crippen LogP contribution is 2.24. The molecule has 2 heterocycles. The van der Waals surface area contributed by atoms with Crippen molar-refractivity contribution in [1.82, 2.24) is 19.7 Å². The summed E-state index contributed by atoms with van der Waals surface area (Å²) in [6.45, 7) is 4.23. The van der Waals surface area contributed by atoms with Crippen molar-refractivity contribution in [3.63, 3.8) is 0 Å². The first kappa shape index (κ1) is 22.2. The fourth-order valence-corrected chi connectivity index (χ4v) is 3.03. The molecular weight excluding hydrogens is 401 g/mol. The zero-order valence-corrected chi connectivity index (χ0v) is 17.7. The summed E-state index contributed by atoms with van der Waals surface area (Å²) in [7, 11) is 1.70. The maximum Gasteiger partial charge on any atom is 0.227 e. The standard InChI is InChI=1S/C21H26FN7O2/c1-13(30)7-18(31)27-19-14(2)26-21(28-20(19)23-3)24-9-16-10-25-29(12-16)11-15-5-4-6-17(22)8-15/h4-6,8,10,12-13,30H,7,9,11H2,1-3H3,(H,27,31)(H2,23,24,26,28)/t13-/m1/s1. The van der Waals surface area contributed by atoms with Gasteiger partial charge in [-0.05, 0) is 31.5 Å². The molecule has 2 aromatic heterocycles. The minimum atomic E-state index is -0.734. The molecule has 0 saturated carbocycles. The van der Waals surface area contributed by atoms with Gasteiger partial charge in [0.1, 0.15) is 11.5 Å². The van der Waals surface area contributed by atoms with E-state index in [0.717, 1.165) is 11.1 Å². The lowest BCUT2D eigenvalue weighted by Crippen LogP contribution is -2.20. The number of amides is 1. The van der Waals surface area contributed by atoms with Gasteiger partial charge in [-0.25, -0.2) is 9.37 Å². The number of benzene rings is 1. The lowest BCUT2D eigenvalue weighted by Gasteiger charge is -2.15. The van der Waals surface area contributed by atoms with Gasteiger partial charge < -0.3 is 21.1 Å². The van der Waals surface area contributed by atoms with Crippen LogP contribution in [0.1, 0.15) is 30.2 Å². The molecule has 0 aliphatic rings. The summed E-state index contributed by atoms with van der Waals surface area (Å²) in [5, 5.41) is 22.5. The third kappa shape index (κ3) is 6.22. The molecule has 9 nitrogen and oxygen atoms in total. The summed E-state index contributed by atoms with van der Waals surface area (Å²) < 4.78 is 15.1. The Hall–Kier alpha value is -3.53. The molecule has 0 unspecified atom stereocenters. The van der Waals surface area contributed by atoms with Crippen molar-refractivity contribution in [3.8, 4) is 0 Å². The predicted octanol–water partition coefficient (Wildman–Crippen LogP) is 2.53. The van der Waals surface area contributed by atoms with E-state index < -0.39 is 6.10 Å². The van der Waals surface area contributed by atoms with Crippen LogP contribution in [0.4, 0.5) is 21.8 Å². The Morgan fingerprint density at radius 3 is 2.81 bits per heavy atom. The molecule has 3 aromatic rings. The summed E-state index contributed by atoms with van der Waals surface area (Å²) in [4.78, 5) is 20.8. The van der Waals surface area contributed by atoms with Gasteiger partial charge in [-0.1, -0.05) is 12.1 Å². The number of carbonyl (C=O) groups is 1. The lowest BCUT2D eigenvalue weighted by atomic mass is 10.2. The molecule has 4 N–H and O–H groups in total. The van der Waals surface area contributed by atoms with E-state index in [1.165, 1.54) is 12.1 Å². The minimum absolute atomic E-state index is 0.0117. The topological polar surface area (TPSA) is 117 Å². The summed E-state index contributed by atoms with van der Waals surface area (Å²) in [5.41, 5.74) is 2.80. The second-order valence-electron chi connectivity index (χ2n) is 7.24. The number of hydrogen-bond donors (Lipinski definition) is 4. The first-order chi connectivity index (χ1) is 14.8. The predicted molar refractivity (Wildman–Crippen MR) is 116 cm³/mol. The van der Waals surface area contributed by atoms with E-state index >= 15 is 0 Å². The SMILES string of the molecule is CNc1nc(NCc2cnn(Cc3cccc(F)c3)c2)nc(C)c1NC(=O)C[C@@H](C)O. The Bertz CT molecular complexity index is 1050. The Morgan fingerprint density at radius 1 is 1.29 bits per heavy atom. The molecule has 164 valence electrons. The summed E-state index contributed by atoms with van der Waals surface area (Å²) in [6.07, 6.45) is 2.85. The van der Waals surface area contributed by atoms with E-state index in [0.29, 0.717) is 36.2 Å². The summed E-state index contributed by atoms with van der Waals surface area (Å²) in [6, 6.07) is 6.41. The van der Waals surface area contributed by atoms with Crippen LogP contribution in [0.3, 0.4) is 0 Å². The Labute approximate surface area is 179 Å². The van der Waals surface area contributed by atoms with E-state index in [9.17, 15) is 14.3 Å². The highest BCUT2D eigenvalue weighted by atomic mass is 19.1. The number of hydrogen-bond acceptors (Lipinski definition) is 7. The summed E-state index contributed by atoms with van der Waals surface area (Å²) >= 11 is 0. The van der Waals surface area contributed by atoms with Gasteiger partial charge in [0.2, 0.25) is 11.9 Å². The normalized spacial score (nSPS) is 11.8. The molecule has 0 radical (unpaired) electrons. The van der Waals surface area contributed by atoms with Crippen LogP contribution in [-0.2, 0) is 17.9 Å². The number of nitrogens with zero attached hydrogens (tertiary/aromatic N) is 4. The maximum atomic E-state index is 13.3. The molecule has 0 spiro atoms. The number of rotatable bonds is 9. The van der Waals surface area contributed by atoms with Crippen LogP contribution in [0.2, 0.25) is 0 Å². The van der Waals surface area contributed by atoms with E-state index in [1.807, 2.05) is 12.3 Å². The van der Waals surface area contributed by atoms with E-state index in [4.69, 9.17) is 0 Å². The molecule has 0 saturated heterocycles. The molecule has 31 heavy (non-hydrogen) atoms. The van der Waals surface area contributed by atoms with Crippen LogP contribution in [-0.4, -0.2) is 43.9 Å². The molecule has 1 aromatic carbocycles. The van der Waals surface area contributed by atoms with Gasteiger partial charge in [-0.15, -0.1) is 0 Å². The number of aryl methyl sites for hydroxylation is 1. The Kier molecular flexibility index (Phi) is 7.14. The van der Waals surface area contributed by atoms with Gasteiger partial charge >= 0.3 is 0 Å². The van der Waals surface area contributed by atoms with Crippen LogP contribution in [0.25, 0.3) is 0 Å². The number of aliphatic hydroxyl groups is 1. The fraction of sp³-hybridized carbons (Fsp3) is 0.333. The molecule has 1 atom stereocenters. The smallest absolute Gasteiger partial charge is 0.227 e. The first-order valence-electron chi connectivity index (χ1n) is 9.88. The van der Waals surface area contributed by atoms with E-state index in [2.05, 4.69) is 31.0 Å². The van der Waals surface area contributed by atoms with Gasteiger partial charge in [0.15, 0.2) is 5.82 Å². The molecule has 3 rings (SSSR count). The molecule has 0 aliphatic carbocycles. The largest absolute Gasteiger partial charge is 0.393 e. The zero-order valence-electron chi connectivity index (χ0n) is 17.7. The van der Waals surface area contributed by atoms with Gasteiger partial charge in [0, 0.05) is 25.4 Å². The number of anilines is 3. The molecule has 0 fully saturated rings. The molecular formula is C21H26FN7O2. The van der Waals surface area contributed by atoms with Gasteiger partial charge in [0.05, 0.1) is 31.0 Å². The van der Waals surface area contributed by atoms with Crippen molar-refractivity contribution in [3.05, 3.63) is 59.3 Å². The number of nitrogens with one attached hydrogen (secondary N) is 3. The van der Waals surface area contributed by atoms with Crippen LogP contribution < -0.4 is 16.0 Å². The van der Waals surface area contributed by atoms with Crippen molar-refractivity contribution in [2.75, 3.05) is 23.0 Å². The Morgan fingerprint density at radius 2 is 2.10 bits per heavy atom. The van der Waals surface area contributed by atoms with Crippen molar-refractivity contribution >= 4 is 23.4 Å². The van der Waals surface area contributed by atoms with E-state index in [1.54, 1.807) is 37.8 Å². The minimum Gasteiger partial charge on any atom is -0.393 e. The van der Waals surface area contributed by atoms with Crippen molar-refractivity contribution in [1.29, 1.82) is 0 Å². The molecule has 0 aliphatic heterocycles. The zero-order chi connectivity index (χ0) is 22.4. The highest BCUT2D eigenvalue weighted by Gasteiger charge is 2.15. The summed E-state index contributed by atoms with van der Waals surface area (Å²) in [5.74, 6) is 0.276. The number of carbonyl (C=O) groups excluding carboxylic acids is 1. The van der Waals surface area contributed by atoms with Gasteiger partial charge in [-0.2, -0.15) is 10.1 Å². The highest BCUT2D eigenvalue weighted by molar-refractivity contribution is 5.94. The second kappa shape index (κ2) is 9.98. The van der Waals surface area contributed by atoms with Crippen molar-refractivity contribution in [2.45, 2.75) is 39.5 Å². The third-order valence-corrected chi connectivity index (χ3v) is 4.44. The van der Waals surface area contributed by atoms with Gasteiger partial charge in [-0.3, -0.25) is 9.48 Å². The third-order valence-electron chi connectivity index (χ3n) is 4.44. The Balaban J connectivity index is 1.64. The molecule has 10 heteroatoms. The van der Waals surface area contributed by atoms with E-state index in [-0.39, 0.29) is 18.1 Å². The maximum absolute atomic E-state index is 13.3. The van der Waals surface area contributed by atoms with Crippen LogP contribution in [0.15, 0.2) is 36.7 Å². The average Bonchev–Trinajstić information content (AvgIpc) is 3.14.